The molecular weight excluding hydrogens is 357 g/mol. The molecule has 0 saturated carbocycles. The zero-order valence-corrected chi connectivity index (χ0v) is 14.7. The van der Waals surface area contributed by atoms with Crippen LogP contribution in [0.25, 0.3) is 0 Å². The molecule has 1 N–H and O–H groups in total. The van der Waals surface area contributed by atoms with Gasteiger partial charge in [0.1, 0.15) is 5.92 Å². The smallest absolute Gasteiger partial charge is 0.351 e. The number of nitrogens with zero attached hydrogens (tertiary/aromatic N) is 1. The summed E-state index contributed by atoms with van der Waals surface area (Å²) in [6.07, 6.45) is -4.06. The van der Waals surface area contributed by atoms with Crippen LogP contribution in [-0.4, -0.2) is 18.4 Å². The lowest BCUT2D eigenvalue weighted by Gasteiger charge is -2.19. The maximum Gasteiger partial charge on any atom is 0.416 e. The normalized spacial score (nSPS) is 17.3. The number of benzene rings is 2. The van der Waals surface area contributed by atoms with Crippen molar-refractivity contribution >= 4 is 17.5 Å². The second-order valence-corrected chi connectivity index (χ2v) is 6.53. The number of anilines is 1. The van der Waals surface area contributed by atoms with Crippen LogP contribution in [-0.2, 0) is 22.3 Å². The minimum absolute atomic E-state index is 0.0586. The number of nitrogens with one attached hydrogen (secondary N) is 1. The van der Waals surface area contributed by atoms with Gasteiger partial charge < -0.3 is 10.2 Å². The summed E-state index contributed by atoms with van der Waals surface area (Å²) >= 11 is 0. The van der Waals surface area contributed by atoms with Crippen molar-refractivity contribution in [1.29, 1.82) is 0 Å². The molecule has 1 atom stereocenters. The van der Waals surface area contributed by atoms with Crippen LogP contribution < -0.4 is 10.2 Å². The van der Waals surface area contributed by atoms with Gasteiger partial charge >= 0.3 is 6.18 Å². The van der Waals surface area contributed by atoms with E-state index in [4.69, 9.17) is 0 Å². The Morgan fingerprint density at radius 3 is 2.63 bits per heavy atom. The quantitative estimate of drug-likeness (QED) is 0.828. The van der Waals surface area contributed by atoms with Crippen molar-refractivity contribution in [3.8, 4) is 0 Å². The second-order valence-electron chi connectivity index (χ2n) is 6.53. The van der Waals surface area contributed by atoms with Crippen LogP contribution in [0.5, 0.6) is 0 Å². The number of hydrogen-bond acceptors (Lipinski definition) is 2. The first-order chi connectivity index (χ1) is 12.8. The molecule has 1 heterocycles. The Morgan fingerprint density at radius 2 is 1.93 bits per heavy atom. The molecular formula is C20H19F3N2O2. The molecule has 4 nitrogen and oxygen atoms in total. The van der Waals surface area contributed by atoms with Gasteiger partial charge in [0, 0.05) is 18.8 Å². The van der Waals surface area contributed by atoms with Crippen molar-refractivity contribution in [2.24, 2.45) is 5.92 Å². The number of hydrogen-bond donors (Lipinski definition) is 1. The van der Waals surface area contributed by atoms with Crippen LogP contribution in [0.2, 0.25) is 0 Å². The van der Waals surface area contributed by atoms with Gasteiger partial charge in [0.25, 0.3) is 0 Å². The van der Waals surface area contributed by atoms with Crippen molar-refractivity contribution in [3.05, 3.63) is 65.2 Å². The molecule has 0 spiro atoms. The highest BCUT2D eigenvalue weighted by Gasteiger charge is 2.38. The summed E-state index contributed by atoms with van der Waals surface area (Å²) in [6.45, 7) is 2.27. The Hall–Kier alpha value is -2.83. The van der Waals surface area contributed by atoms with Gasteiger partial charge in [-0.15, -0.1) is 0 Å². The molecule has 0 unspecified atom stereocenters. The van der Waals surface area contributed by atoms with Gasteiger partial charge in [-0.2, -0.15) is 13.2 Å². The average Bonchev–Trinajstić information content (AvgIpc) is 3.01. The van der Waals surface area contributed by atoms with Gasteiger partial charge in [0.2, 0.25) is 11.8 Å². The maximum absolute atomic E-state index is 12.8. The van der Waals surface area contributed by atoms with E-state index in [1.807, 2.05) is 31.2 Å². The van der Waals surface area contributed by atoms with E-state index in [1.54, 1.807) is 4.90 Å². The predicted octanol–water partition coefficient (Wildman–Crippen LogP) is 3.68. The first-order valence-corrected chi connectivity index (χ1v) is 8.58. The maximum atomic E-state index is 12.8. The van der Waals surface area contributed by atoms with Crippen molar-refractivity contribution in [3.63, 3.8) is 0 Å². The Bertz CT molecular complexity index is 864. The third-order valence-corrected chi connectivity index (χ3v) is 4.65. The molecule has 1 fully saturated rings. The molecule has 0 aromatic heterocycles. The minimum Gasteiger partial charge on any atom is -0.351 e. The molecule has 0 radical (unpaired) electrons. The molecule has 1 aliphatic heterocycles. The van der Waals surface area contributed by atoms with Crippen LogP contribution >= 0.6 is 0 Å². The number of halogens is 3. The van der Waals surface area contributed by atoms with E-state index in [9.17, 15) is 22.8 Å². The summed E-state index contributed by atoms with van der Waals surface area (Å²) in [5.41, 5.74) is 1.28. The van der Waals surface area contributed by atoms with E-state index in [0.29, 0.717) is 18.5 Å². The molecule has 3 rings (SSSR count). The number of carbonyl (C=O) groups excluding carboxylic acids is 2. The van der Waals surface area contributed by atoms with Crippen molar-refractivity contribution in [2.45, 2.75) is 26.1 Å². The van der Waals surface area contributed by atoms with Crippen molar-refractivity contribution in [2.75, 3.05) is 11.4 Å². The summed E-state index contributed by atoms with van der Waals surface area (Å²) in [7, 11) is 0. The van der Waals surface area contributed by atoms with Gasteiger partial charge in [-0.3, -0.25) is 9.59 Å². The highest BCUT2D eigenvalue weighted by atomic mass is 19.4. The van der Waals surface area contributed by atoms with Gasteiger partial charge in [-0.05, 0) is 42.7 Å². The van der Waals surface area contributed by atoms with Crippen molar-refractivity contribution < 1.29 is 22.8 Å². The molecule has 0 aliphatic carbocycles. The first kappa shape index (κ1) is 18.9. The summed E-state index contributed by atoms with van der Waals surface area (Å²) < 4.78 is 38.3. The molecule has 1 aliphatic rings. The highest BCUT2D eigenvalue weighted by molar-refractivity contribution is 6.09. The van der Waals surface area contributed by atoms with E-state index in [0.717, 1.165) is 23.4 Å². The van der Waals surface area contributed by atoms with Gasteiger partial charge in [-0.25, -0.2) is 0 Å². The molecule has 2 amide bonds. The molecule has 2 aromatic carbocycles. The van der Waals surface area contributed by atoms with E-state index in [-0.39, 0.29) is 12.5 Å². The molecule has 7 heteroatoms. The van der Waals surface area contributed by atoms with Gasteiger partial charge in [0.05, 0.1) is 5.56 Å². The number of alkyl halides is 3. The lowest BCUT2D eigenvalue weighted by atomic mass is 10.1. The fraction of sp³-hybridized carbons (Fsp3) is 0.300. The molecule has 2 aromatic rings. The lowest BCUT2D eigenvalue weighted by molar-refractivity contribution is -0.137. The fourth-order valence-electron chi connectivity index (χ4n) is 3.20. The topological polar surface area (TPSA) is 49.4 Å². The lowest BCUT2D eigenvalue weighted by Crippen LogP contribution is -2.36. The molecule has 142 valence electrons. The van der Waals surface area contributed by atoms with Gasteiger partial charge in [0.15, 0.2) is 0 Å². The number of carbonyl (C=O) groups is 2. The zero-order valence-electron chi connectivity index (χ0n) is 14.7. The van der Waals surface area contributed by atoms with Gasteiger partial charge in [-0.1, -0.05) is 30.3 Å². The van der Waals surface area contributed by atoms with E-state index < -0.39 is 23.6 Å². The van der Waals surface area contributed by atoms with Crippen LogP contribution in [0.3, 0.4) is 0 Å². The van der Waals surface area contributed by atoms with Crippen LogP contribution in [0.15, 0.2) is 48.5 Å². The first-order valence-electron chi connectivity index (χ1n) is 8.58. The number of amides is 2. The Balaban J connectivity index is 1.64. The SMILES string of the molecule is Cc1ccccc1N1CC[C@H](C(=O)NCc2cccc(C(F)(F)F)c2)C1=O. The monoisotopic (exact) mass is 376 g/mol. The third-order valence-electron chi connectivity index (χ3n) is 4.65. The second kappa shape index (κ2) is 7.42. The summed E-state index contributed by atoms with van der Waals surface area (Å²) in [4.78, 5) is 26.6. The zero-order chi connectivity index (χ0) is 19.6. The average molecular weight is 376 g/mol. The summed E-state index contributed by atoms with van der Waals surface area (Å²) in [5.74, 6) is -1.57. The van der Waals surface area contributed by atoms with Crippen LogP contribution in [0.1, 0.15) is 23.1 Å². The number of aryl methyl sites for hydroxylation is 1. The largest absolute Gasteiger partial charge is 0.416 e. The minimum atomic E-state index is -4.44. The summed E-state index contributed by atoms with van der Waals surface area (Å²) in [5, 5.41) is 2.58. The van der Waals surface area contributed by atoms with Crippen molar-refractivity contribution in [1.82, 2.24) is 5.32 Å². The molecule has 1 saturated heterocycles. The van der Waals surface area contributed by atoms with E-state index >= 15 is 0 Å². The Morgan fingerprint density at radius 1 is 1.19 bits per heavy atom. The van der Waals surface area contributed by atoms with E-state index in [1.165, 1.54) is 12.1 Å². The van der Waals surface area contributed by atoms with E-state index in [2.05, 4.69) is 5.32 Å². The Labute approximate surface area is 155 Å². The predicted molar refractivity (Wildman–Crippen MR) is 94.9 cm³/mol. The highest BCUT2D eigenvalue weighted by Crippen LogP contribution is 2.30. The Kier molecular flexibility index (Phi) is 5.21. The third kappa shape index (κ3) is 4.13. The number of rotatable bonds is 4. The number of para-hydroxylation sites is 1. The molecule has 0 bridgehead atoms. The summed E-state index contributed by atoms with van der Waals surface area (Å²) in [6, 6.07) is 12.2. The standard InChI is InChI=1S/C20H19F3N2O2/c1-13-5-2-3-8-17(13)25-10-9-16(19(25)27)18(26)24-12-14-6-4-7-15(11-14)20(21,22)23/h2-8,11,16H,9-10,12H2,1H3,(H,24,26)/t16-/m1/s1. The van der Waals surface area contributed by atoms with Crippen LogP contribution in [0.4, 0.5) is 18.9 Å². The fourth-order valence-corrected chi connectivity index (χ4v) is 3.20. The van der Waals surface area contributed by atoms with Crippen LogP contribution in [0, 0.1) is 12.8 Å². The molecule has 27 heavy (non-hydrogen) atoms.